The van der Waals surface area contributed by atoms with Crippen LogP contribution in [-0.4, -0.2) is 39.9 Å². The van der Waals surface area contributed by atoms with Crippen LogP contribution in [0.25, 0.3) is 0 Å². The van der Waals surface area contributed by atoms with Crippen LogP contribution >= 0.6 is 11.8 Å². The van der Waals surface area contributed by atoms with Crippen LogP contribution in [0.2, 0.25) is 0 Å². The van der Waals surface area contributed by atoms with Crippen molar-refractivity contribution in [3.63, 3.8) is 0 Å². The normalized spacial score (nSPS) is 14.4. The van der Waals surface area contributed by atoms with Crippen molar-refractivity contribution < 1.29 is 9.53 Å². The summed E-state index contributed by atoms with van der Waals surface area (Å²) in [5, 5.41) is 10.5. The predicted molar refractivity (Wildman–Crippen MR) is 128 cm³/mol. The molecular weight excluding hydrogens is 422 g/mol. The predicted octanol–water partition coefficient (Wildman–Crippen LogP) is 4.66. The Labute approximate surface area is 193 Å². The van der Waals surface area contributed by atoms with Crippen LogP contribution in [0.5, 0.6) is 5.75 Å². The molecule has 1 aliphatic heterocycles. The number of aromatic nitrogens is 3. The Morgan fingerprint density at radius 3 is 2.69 bits per heavy atom. The lowest BCUT2D eigenvalue weighted by molar-refractivity contribution is -0.113. The lowest BCUT2D eigenvalue weighted by atomic mass is 9.99. The zero-order chi connectivity index (χ0) is 22.3. The Bertz CT molecular complexity index is 1030. The molecule has 2 aromatic carbocycles. The van der Waals surface area contributed by atoms with Gasteiger partial charge in [-0.3, -0.25) is 9.89 Å². The number of hydrogen-bond donors (Lipinski definition) is 2. The summed E-state index contributed by atoms with van der Waals surface area (Å²) < 4.78 is 5.77. The summed E-state index contributed by atoms with van der Waals surface area (Å²) in [7, 11) is 0. The smallest absolute Gasteiger partial charge is 0.234 e. The number of hydrogen-bond acceptors (Lipinski definition) is 6. The maximum atomic E-state index is 12.3. The molecule has 0 saturated carbocycles. The first-order valence-electron chi connectivity index (χ1n) is 10.9. The largest absolute Gasteiger partial charge is 0.485 e. The van der Waals surface area contributed by atoms with Gasteiger partial charge in [-0.25, -0.2) is 4.98 Å². The van der Waals surface area contributed by atoms with Gasteiger partial charge in [-0.1, -0.05) is 36.9 Å². The van der Waals surface area contributed by atoms with E-state index in [1.54, 1.807) is 0 Å². The monoisotopic (exact) mass is 451 g/mol. The van der Waals surface area contributed by atoms with Gasteiger partial charge in [0.15, 0.2) is 5.82 Å². The van der Waals surface area contributed by atoms with Gasteiger partial charge in [0, 0.05) is 24.5 Å². The number of thioether (sulfide) groups is 1. The second-order valence-corrected chi connectivity index (χ2v) is 9.11. The lowest BCUT2D eigenvalue weighted by Gasteiger charge is -2.32. The van der Waals surface area contributed by atoms with Gasteiger partial charge in [-0.05, 0) is 61.6 Å². The zero-order valence-corrected chi connectivity index (χ0v) is 19.3. The molecule has 7 nitrogen and oxygen atoms in total. The minimum Gasteiger partial charge on any atom is -0.485 e. The second-order valence-electron chi connectivity index (χ2n) is 8.17. The van der Waals surface area contributed by atoms with Crippen LogP contribution < -0.4 is 15.0 Å². The molecule has 0 unspecified atom stereocenters. The Morgan fingerprint density at radius 1 is 1.19 bits per heavy atom. The van der Waals surface area contributed by atoms with Crippen molar-refractivity contribution >= 4 is 29.0 Å². The average Bonchev–Trinajstić information content (AvgIpc) is 3.26. The molecule has 0 radical (unpaired) electrons. The van der Waals surface area contributed by atoms with E-state index in [1.165, 1.54) is 30.3 Å². The molecule has 1 aromatic heterocycles. The number of nitrogens with zero attached hydrogens (tertiary/aromatic N) is 3. The first-order chi connectivity index (χ1) is 15.6. The van der Waals surface area contributed by atoms with Crippen LogP contribution in [0.4, 0.5) is 11.4 Å². The molecule has 1 amide bonds. The van der Waals surface area contributed by atoms with Crippen molar-refractivity contribution in [2.45, 2.75) is 38.5 Å². The Hall–Kier alpha value is -3.00. The maximum Gasteiger partial charge on any atom is 0.234 e. The summed E-state index contributed by atoms with van der Waals surface area (Å²) in [6.45, 7) is 6.80. The molecule has 3 aromatic rings. The average molecular weight is 452 g/mol. The highest BCUT2D eigenvalue weighted by atomic mass is 32.2. The van der Waals surface area contributed by atoms with E-state index < -0.39 is 0 Å². The van der Waals surface area contributed by atoms with E-state index in [0.717, 1.165) is 36.0 Å². The first-order valence-corrected chi connectivity index (χ1v) is 11.9. The van der Waals surface area contributed by atoms with Gasteiger partial charge in [-0.2, -0.15) is 0 Å². The molecule has 4 rings (SSSR count). The molecule has 1 saturated heterocycles. The number of para-hydroxylation sites is 1. The van der Waals surface area contributed by atoms with Crippen LogP contribution in [-0.2, 0) is 11.4 Å². The van der Waals surface area contributed by atoms with Crippen molar-refractivity contribution in [3.8, 4) is 5.75 Å². The van der Waals surface area contributed by atoms with Gasteiger partial charge >= 0.3 is 0 Å². The fourth-order valence-electron chi connectivity index (χ4n) is 3.62. The van der Waals surface area contributed by atoms with E-state index in [2.05, 4.69) is 44.5 Å². The van der Waals surface area contributed by atoms with E-state index in [9.17, 15) is 4.79 Å². The number of H-pyrrole nitrogens is 1. The summed E-state index contributed by atoms with van der Waals surface area (Å²) in [5.74, 6) is 2.40. The number of piperidine rings is 1. The SMILES string of the molecule is Cc1ccccc1OCc1nc(SCC(=O)Nc2ccc(N3CCC(C)CC3)cc2)n[nH]1. The van der Waals surface area contributed by atoms with Gasteiger partial charge in [0.25, 0.3) is 0 Å². The molecule has 1 fully saturated rings. The van der Waals surface area contributed by atoms with Gasteiger partial charge < -0.3 is 15.0 Å². The summed E-state index contributed by atoms with van der Waals surface area (Å²) in [4.78, 5) is 19.1. The number of amides is 1. The minimum absolute atomic E-state index is 0.0861. The summed E-state index contributed by atoms with van der Waals surface area (Å²) in [6.07, 6.45) is 2.47. The van der Waals surface area contributed by atoms with Crippen molar-refractivity contribution in [2.24, 2.45) is 5.92 Å². The number of anilines is 2. The van der Waals surface area contributed by atoms with Crippen molar-refractivity contribution in [1.29, 1.82) is 0 Å². The molecular formula is C24H29N5O2S. The van der Waals surface area contributed by atoms with Crippen molar-refractivity contribution in [1.82, 2.24) is 15.2 Å². The van der Waals surface area contributed by atoms with Crippen molar-refractivity contribution in [3.05, 3.63) is 59.9 Å². The molecule has 32 heavy (non-hydrogen) atoms. The third kappa shape index (κ3) is 6.03. The van der Waals surface area contributed by atoms with E-state index >= 15 is 0 Å². The molecule has 0 aliphatic carbocycles. The molecule has 1 aliphatic rings. The van der Waals surface area contributed by atoms with E-state index in [-0.39, 0.29) is 11.7 Å². The summed E-state index contributed by atoms with van der Waals surface area (Å²) in [6, 6.07) is 15.9. The minimum atomic E-state index is -0.0861. The van der Waals surface area contributed by atoms with Crippen molar-refractivity contribution in [2.75, 3.05) is 29.1 Å². The Morgan fingerprint density at radius 2 is 1.94 bits per heavy atom. The number of ether oxygens (including phenoxy) is 1. The summed E-state index contributed by atoms with van der Waals surface area (Å²) in [5.41, 5.74) is 3.08. The molecule has 2 heterocycles. The molecule has 2 N–H and O–H groups in total. The first kappa shape index (κ1) is 22.2. The maximum absolute atomic E-state index is 12.3. The third-order valence-corrected chi connectivity index (χ3v) is 6.45. The number of carbonyl (C=O) groups is 1. The number of rotatable bonds is 8. The molecule has 0 atom stereocenters. The zero-order valence-electron chi connectivity index (χ0n) is 18.5. The van der Waals surface area contributed by atoms with Gasteiger partial charge in [0.1, 0.15) is 12.4 Å². The van der Waals surface area contributed by atoms with E-state index in [4.69, 9.17) is 4.74 Å². The highest BCUT2D eigenvalue weighted by molar-refractivity contribution is 7.99. The molecule has 0 spiro atoms. The number of nitrogens with one attached hydrogen (secondary N) is 2. The van der Waals surface area contributed by atoms with Gasteiger partial charge in [-0.15, -0.1) is 5.10 Å². The number of benzene rings is 2. The van der Waals surface area contributed by atoms with Gasteiger partial charge in [0.05, 0.1) is 5.75 Å². The molecule has 0 bridgehead atoms. The van der Waals surface area contributed by atoms with Crippen LogP contribution in [0.1, 0.15) is 31.2 Å². The van der Waals surface area contributed by atoms with Crippen LogP contribution in [0.3, 0.4) is 0 Å². The fourth-order valence-corrected chi connectivity index (χ4v) is 4.24. The standard InChI is InChI=1S/C24H29N5O2S/c1-17-11-13-29(14-12-17)20-9-7-19(8-10-20)25-23(30)16-32-24-26-22(27-28-24)15-31-21-6-4-3-5-18(21)2/h3-10,17H,11-16H2,1-2H3,(H,25,30)(H,26,27,28). The number of aromatic amines is 1. The lowest BCUT2D eigenvalue weighted by Crippen LogP contribution is -2.32. The summed E-state index contributed by atoms with van der Waals surface area (Å²) >= 11 is 1.29. The van der Waals surface area contributed by atoms with Gasteiger partial charge in [0.2, 0.25) is 11.1 Å². The Kier molecular flexibility index (Phi) is 7.32. The highest BCUT2D eigenvalue weighted by Crippen LogP contribution is 2.24. The van der Waals surface area contributed by atoms with E-state index in [0.29, 0.717) is 17.6 Å². The third-order valence-electron chi connectivity index (χ3n) is 5.60. The topological polar surface area (TPSA) is 83.1 Å². The van der Waals surface area contributed by atoms with E-state index in [1.807, 2.05) is 43.3 Å². The fraction of sp³-hybridized carbons (Fsp3) is 0.375. The van der Waals surface area contributed by atoms with Crippen LogP contribution in [0.15, 0.2) is 53.7 Å². The van der Waals surface area contributed by atoms with Crippen LogP contribution in [0, 0.1) is 12.8 Å². The highest BCUT2D eigenvalue weighted by Gasteiger charge is 2.16. The molecule has 168 valence electrons. The number of aryl methyl sites for hydroxylation is 1. The quantitative estimate of drug-likeness (QED) is 0.485. The second kappa shape index (κ2) is 10.5. The Balaban J connectivity index is 1.22. The molecule has 8 heteroatoms. The number of carbonyl (C=O) groups excluding carboxylic acids is 1.